The van der Waals surface area contributed by atoms with E-state index in [9.17, 15) is 0 Å². The molecular weight excluding hydrogens is 230 g/mol. The SMILES string of the molecule is [2H]C([2H])([2H])C([2H])(C)c1c[n+](C)c(-c2ccccc2C)cc1CC. The first-order valence-corrected chi connectivity index (χ1v) is 6.68. The molecule has 0 amide bonds. The number of hydrogen-bond donors (Lipinski definition) is 0. The van der Waals surface area contributed by atoms with E-state index in [2.05, 4.69) is 19.1 Å². The van der Waals surface area contributed by atoms with Crippen molar-refractivity contribution in [1.82, 2.24) is 0 Å². The second kappa shape index (κ2) is 5.56. The number of benzene rings is 1. The fourth-order valence-electron chi connectivity index (χ4n) is 2.45. The molecule has 0 spiro atoms. The van der Waals surface area contributed by atoms with Gasteiger partial charge in [-0.3, -0.25) is 0 Å². The molecule has 1 aromatic heterocycles. The van der Waals surface area contributed by atoms with Gasteiger partial charge in [0, 0.05) is 22.7 Å². The largest absolute Gasteiger partial charge is 0.212 e. The Hall–Kier alpha value is -1.63. The molecule has 1 heteroatoms. The maximum atomic E-state index is 8.40. The van der Waals surface area contributed by atoms with Gasteiger partial charge in [-0.2, -0.15) is 0 Å². The minimum Gasteiger partial charge on any atom is -0.201 e. The molecule has 0 fully saturated rings. The Bertz CT molecular complexity index is 717. The highest BCUT2D eigenvalue weighted by molar-refractivity contribution is 5.61. The number of pyridine rings is 1. The lowest BCUT2D eigenvalue weighted by Crippen LogP contribution is -2.32. The van der Waals surface area contributed by atoms with Crippen molar-refractivity contribution < 1.29 is 10.1 Å². The van der Waals surface area contributed by atoms with Crippen LogP contribution in [0, 0.1) is 6.92 Å². The second-order valence-electron chi connectivity index (χ2n) is 5.00. The van der Waals surface area contributed by atoms with Crippen LogP contribution in [0.2, 0.25) is 0 Å². The predicted molar refractivity (Wildman–Crippen MR) is 81.3 cm³/mol. The van der Waals surface area contributed by atoms with E-state index < -0.39 is 12.7 Å². The molecule has 100 valence electrons. The Morgan fingerprint density at radius 1 is 1.37 bits per heavy atom. The van der Waals surface area contributed by atoms with Crippen molar-refractivity contribution in [2.75, 3.05) is 0 Å². The third-order valence-corrected chi connectivity index (χ3v) is 3.57. The van der Waals surface area contributed by atoms with Gasteiger partial charge in [0.1, 0.15) is 7.05 Å². The molecular formula is C18H24N+. The maximum Gasteiger partial charge on any atom is 0.212 e. The zero-order valence-corrected chi connectivity index (χ0v) is 12.1. The van der Waals surface area contributed by atoms with Crippen LogP contribution >= 0.6 is 0 Å². The van der Waals surface area contributed by atoms with E-state index in [4.69, 9.17) is 5.48 Å². The summed E-state index contributed by atoms with van der Waals surface area (Å²) < 4.78 is 33.4. The van der Waals surface area contributed by atoms with Crippen LogP contribution in [0.25, 0.3) is 11.3 Å². The molecule has 19 heavy (non-hydrogen) atoms. The zero-order chi connectivity index (χ0) is 17.4. The quantitative estimate of drug-likeness (QED) is 0.727. The molecule has 0 N–H and O–H groups in total. The van der Waals surface area contributed by atoms with Gasteiger partial charge in [0.15, 0.2) is 6.20 Å². The average molecular weight is 258 g/mol. The van der Waals surface area contributed by atoms with Gasteiger partial charge in [-0.1, -0.05) is 38.9 Å². The monoisotopic (exact) mass is 258 g/mol. The minimum atomic E-state index is -2.37. The van der Waals surface area contributed by atoms with Gasteiger partial charge in [-0.15, -0.1) is 0 Å². The Balaban J connectivity index is 2.68. The van der Waals surface area contributed by atoms with Gasteiger partial charge < -0.3 is 0 Å². The van der Waals surface area contributed by atoms with Gasteiger partial charge in [-0.25, -0.2) is 4.57 Å². The number of nitrogens with zero attached hydrogens (tertiary/aromatic N) is 1. The van der Waals surface area contributed by atoms with Crippen LogP contribution in [-0.4, -0.2) is 0 Å². The van der Waals surface area contributed by atoms with Gasteiger partial charge in [0.25, 0.3) is 0 Å². The molecule has 1 unspecified atom stereocenters. The van der Waals surface area contributed by atoms with E-state index in [1.54, 1.807) is 6.20 Å². The van der Waals surface area contributed by atoms with Crippen molar-refractivity contribution in [1.29, 1.82) is 0 Å². The van der Waals surface area contributed by atoms with Crippen LogP contribution in [0.15, 0.2) is 36.5 Å². The minimum absolute atomic E-state index is 0.569. The molecule has 0 aliphatic rings. The summed E-state index contributed by atoms with van der Waals surface area (Å²) in [5, 5.41) is 0. The second-order valence-corrected chi connectivity index (χ2v) is 5.00. The van der Waals surface area contributed by atoms with E-state index in [1.165, 1.54) is 12.5 Å². The number of aryl methyl sites for hydroxylation is 3. The summed E-state index contributed by atoms with van der Waals surface area (Å²) in [6, 6.07) is 10.2. The first kappa shape index (κ1) is 9.30. The fourth-order valence-corrected chi connectivity index (χ4v) is 2.45. The summed E-state index contributed by atoms with van der Waals surface area (Å²) in [7, 11) is 1.90. The smallest absolute Gasteiger partial charge is 0.201 e. The molecule has 1 nitrogen and oxygen atoms in total. The standard InChI is InChI=1S/C18H24N/c1-6-15-11-18(16-10-8-7-9-14(16)4)19(5)12-17(15)13(2)3/h7-13H,6H2,1-5H3/q+1/i2D3,13D. The number of rotatable bonds is 3. The lowest BCUT2D eigenvalue weighted by Gasteiger charge is -2.12. The predicted octanol–water partition coefficient (Wildman–Crippen LogP) is 4.17. The fraction of sp³-hybridized carbons (Fsp3) is 0.389. The summed E-state index contributed by atoms with van der Waals surface area (Å²) in [5.74, 6) is -1.62. The van der Waals surface area contributed by atoms with Crippen molar-refractivity contribution in [3.05, 3.63) is 53.2 Å². The molecule has 0 saturated heterocycles. The molecule has 1 heterocycles. The molecule has 0 aliphatic heterocycles. The lowest BCUT2D eigenvalue weighted by atomic mass is 9.95. The highest BCUT2D eigenvalue weighted by Crippen LogP contribution is 2.25. The van der Waals surface area contributed by atoms with Crippen molar-refractivity contribution in [2.45, 2.75) is 39.9 Å². The molecule has 2 aromatic rings. The van der Waals surface area contributed by atoms with Crippen LogP contribution in [-0.2, 0) is 13.5 Å². The maximum absolute atomic E-state index is 8.40. The first-order valence-electron chi connectivity index (χ1n) is 8.68. The summed E-state index contributed by atoms with van der Waals surface area (Å²) in [6.07, 6.45) is 2.50. The normalized spacial score (nSPS) is 17.9. The molecule has 1 aromatic carbocycles. The molecule has 0 saturated carbocycles. The van der Waals surface area contributed by atoms with Crippen LogP contribution < -0.4 is 4.57 Å². The number of aromatic nitrogens is 1. The van der Waals surface area contributed by atoms with E-state index in [0.717, 1.165) is 16.8 Å². The van der Waals surface area contributed by atoms with E-state index >= 15 is 0 Å². The van der Waals surface area contributed by atoms with Crippen LogP contribution in [0.1, 0.15) is 48.8 Å². The summed E-state index contributed by atoms with van der Waals surface area (Å²) in [4.78, 5) is 0. The Morgan fingerprint density at radius 2 is 2.11 bits per heavy atom. The number of hydrogen-bond acceptors (Lipinski definition) is 0. The molecule has 0 radical (unpaired) electrons. The Morgan fingerprint density at radius 3 is 2.74 bits per heavy atom. The Labute approximate surface area is 122 Å². The van der Waals surface area contributed by atoms with Crippen molar-refractivity contribution in [3.8, 4) is 11.3 Å². The molecule has 0 aliphatic carbocycles. The molecule has 2 rings (SSSR count). The summed E-state index contributed by atoms with van der Waals surface area (Å²) in [5.41, 5.74) is 4.80. The molecule has 0 bridgehead atoms. The van der Waals surface area contributed by atoms with Crippen LogP contribution in [0.4, 0.5) is 0 Å². The summed E-state index contributed by atoms with van der Waals surface area (Å²) in [6.45, 7) is 3.16. The lowest BCUT2D eigenvalue weighted by molar-refractivity contribution is -0.661. The molecule has 1 atom stereocenters. The highest BCUT2D eigenvalue weighted by atomic mass is 14.9. The third-order valence-electron chi connectivity index (χ3n) is 3.57. The van der Waals surface area contributed by atoms with Gasteiger partial charge in [0.05, 0.1) is 0 Å². The Kier molecular flexibility index (Phi) is 2.72. The van der Waals surface area contributed by atoms with E-state index in [0.29, 0.717) is 12.0 Å². The topological polar surface area (TPSA) is 3.88 Å². The summed E-state index contributed by atoms with van der Waals surface area (Å²) >= 11 is 0. The van der Waals surface area contributed by atoms with E-state index in [-0.39, 0.29) is 0 Å². The van der Waals surface area contributed by atoms with Crippen LogP contribution in [0.3, 0.4) is 0 Å². The third kappa shape index (κ3) is 2.70. The van der Waals surface area contributed by atoms with Gasteiger partial charge >= 0.3 is 0 Å². The van der Waals surface area contributed by atoms with Crippen molar-refractivity contribution in [3.63, 3.8) is 0 Å². The highest BCUT2D eigenvalue weighted by Gasteiger charge is 2.17. The van der Waals surface area contributed by atoms with Gasteiger partial charge in [0.2, 0.25) is 5.69 Å². The zero-order valence-electron chi connectivity index (χ0n) is 16.1. The average Bonchev–Trinajstić information content (AvgIpc) is 2.46. The first-order chi connectivity index (χ1) is 10.6. The van der Waals surface area contributed by atoms with E-state index in [1.807, 2.05) is 36.7 Å². The van der Waals surface area contributed by atoms with Crippen molar-refractivity contribution in [2.24, 2.45) is 7.05 Å². The van der Waals surface area contributed by atoms with Crippen LogP contribution in [0.5, 0.6) is 0 Å². The van der Waals surface area contributed by atoms with Gasteiger partial charge in [-0.05, 0) is 36.4 Å². The van der Waals surface area contributed by atoms with Crippen molar-refractivity contribution >= 4 is 0 Å².